The van der Waals surface area contributed by atoms with Gasteiger partial charge in [-0.25, -0.2) is 0 Å². The second kappa shape index (κ2) is 5.65. The van der Waals surface area contributed by atoms with E-state index < -0.39 is 0 Å². The number of nitrogens with two attached hydrogens (primary N) is 1. The molecule has 0 saturated heterocycles. The number of ether oxygens (including phenoxy) is 1. The molecule has 0 saturated carbocycles. The predicted octanol–water partition coefficient (Wildman–Crippen LogP) is 4.15. The van der Waals surface area contributed by atoms with Gasteiger partial charge < -0.3 is 10.5 Å². The molecule has 0 bridgehead atoms. The van der Waals surface area contributed by atoms with Crippen molar-refractivity contribution < 1.29 is 4.74 Å². The highest BCUT2D eigenvalue weighted by molar-refractivity contribution is 7.17. The van der Waals surface area contributed by atoms with E-state index >= 15 is 0 Å². The van der Waals surface area contributed by atoms with E-state index in [1.807, 2.05) is 12.1 Å². The van der Waals surface area contributed by atoms with Gasteiger partial charge in [-0.3, -0.25) is 0 Å². The summed E-state index contributed by atoms with van der Waals surface area (Å²) in [7, 11) is 1.68. The Morgan fingerprint density at radius 3 is 2.65 bits per heavy atom. The predicted molar refractivity (Wildman–Crippen MR) is 85.5 cm³/mol. The van der Waals surface area contributed by atoms with Gasteiger partial charge in [0.25, 0.3) is 0 Å². The average molecular weight is 283 g/mol. The van der Waals surface area contributed by atoms with Crippen molar-refractivity contribution in [2.45, 2.75) is 12.5 Å². The van der Waals surface area contributed by atoms with Gasteiger partial charge in [0.05, 0.1) is 7.11 Å². The van der Waals surface area contributed by atoms with Crippen LogP contribution in [-0.2, 0) is 6.42 Å². The molecule has 0 amide bonds. The zero-order valence-corrected chi connectivity index (χ0v) is 12.2. The minimum absolute atomic E-state index is 0.0192. The van der Waals surface area contributed by atoms with Gasteiger partial charge in [-0.1, -0.05) is 30.3 Å². The zero-order chi connectivity index (χ0) is 13.9. The molecule has 0 spiro atoms. The van der Waals surface area contributed by atoms with Crippen LogP contribution in [0.5, 0.6) is 5.75 Å². The number of thiophene rings is 1. The summed E-state index contributed by atoms with van der Waals surface area (Å²) in [5.41, 5.74) is 8.86. The number of benzene rings is 2. The van der Waals surface area contributed by atoms with Gasteiger partial charge in [-0.05, 0) is 46.5 Å². The molecule has 1 atom stereocenters. The molecule has 1 heterocycles. The van der Waals surface area contributed by atoms with E-state index in [0.29, 0.717) is 0 Å². The summed E-state index contributed by atoms with van der Waals surface area (Å²) in [6.07, 6.45) is 0.834. The highest BCUT2D eigenvalue weighted by Gasteiger charge is 2.11. The molecule has 1 unspecified atom stereocenters. The normalized spacial score (nSPS) is 12.5. The summed E-state index contributed by atoms with van der Waals surface area (Å²) in [6, 6.07) is 16.6. The fraction of sp³-hybridized carbons (Fsp3) is 0.176. The summed E-state index contributed by atoms with van der Waals surface area (Å²) in [5.74, 6) is 0.877. The van der Waals surface area contributed by atoms with E-state index in [1.165, 1.54) is 21.2 Å². The van der Waals surface area contributed by atoms with Crippen LogP contribution in [0.3, 0.4) is 0 Å². The maximum absolute atomic E-state index is 6.40. The first-order valence-corrected chi connectivity index (χ1v) is 7.50. The highest BCUT2D eigenvalue weighted by Crippen LogP contribution is 2.29. The summed E-state index contributed by atoms with van der Waals surface area (Å²) >= 11 is 1.76. The Labute approximate surface area is 122 Å². The molecule has 0 fully saturated rings. The zero-order valence-electron chi connectivity index (χ0n) is 11.4. The quantitative estimate of drug-likeness (QED) is 0.780. The van der Waals surface area contributed by atoms with Crippen molar-refractivity contribution in [2.75, 3.05) is 7.11 Å². The van der Waals surface area contributed by atoms with Crippen molar-refractivity contribution in [3.8, 4) is 5.75 Å². The number of methoxy groups -OCH3 is 1. The van der Waals surface area contributed by atoms with Crippen LogP contribution in [0.4, 0.5) is 0 Å². The number of hydrogen-bond donors (Lipinski definition) is 1. The summed E-state index contributed by atoms with van der Waals surface area (Å²) in [4.78, 5) is 0. The van der Waals surface area contributed by atoms with E-state index in [-0.39, 0.29) is 6.04 Å². The van der Waals surface area contributed by atoms with Gasteiger partial charge in [0, 0.05) is 10.7 Å². The lowest BCUT2D eigenvalue weighted by Gasteiger charge is -2.13. The Kier molecular flexibility index (Phi) is 3.72. The Balaban J connectivity index is 1.84. The molecule has 2 nitrogen and oxygen atoms in total. The van der Waals surface area contributed by atoms with E-state index in [4.69, 9.17) is 10.5 Å². The SMILES string of the molecule is COc1ccc(CC(N)c2cccc3ccsc23)cc1. The largest absolute Gasteiger partial charge is 0.497 e. The van der Waals surface area contributed by atoms with Gasteiger partial charge in [0.1, 0.15) is 5.75 Å². The molecule has 0 aliphatic heterocycles. The lowest BCUT2D eigenvalue weighted by atomic mass is 9.99. The van der Waals surface area contributed by atoms with Crippen LogP contribution in [-0.4, -0.2) is 7.11 Å². The summed E-state index contributed by atoms with van der Waals surface area (Å²) < 4.78 is 6.48. The van der Waals surface area contributed by atoms with Gasteiger partial charge in [-0.15, -0.1) is 11.3 Å². The third kappa shape index (κ3) is 2.55. The van der Waals surface area contributed by atoms with Crippen LogP contribution in [0.2, 0.25) is 0 Å². The first-order chi connectivity index (χ1) is 9.78. The van der Waals surface area contributed by atoms with E-state index in [1.54, 1.807) is 18.4 Å². The maximum atomic E-state index is 6.40. The van der Waals surface area contributed by atoms with Crippen molar-refractivity contribution in [2.24, 2.45) is 5.73 Å². The van der Waals surface area contributed by atoms with E-state index in [2.05, 4.69) is 41.8 Å². The van der Waals surface area contributed by atoms with E-state index in [0.717, 1.165) is 12.2 Å². The monoisotopic (exact) mass is 283 g/mol. The molecule has 0 radical (unpaired) electrons. The second-order valence-electron chi connectivity index (χ2n) is 4.84. The highest BCUT2D eigenvalue weighted by atomic mass is 32.1. The lowest BCUT2D eigenvalue weighted by molar-refractivity contribution is 0.414. The molecule has 0 aliphatic rings. The van der Waals surface area contributed by atoms with Crippen LogP contribution in [0.25, 0.3) is 10.1 Å². The van der Waals surface area contributed by atoms with Gasteiger partial charge >= 0.3 is 0 Å². The molecule has 0 aliphatic carbocycles. The summed E-state index contributed by atoms with van der Waals surface area (Å²) in [5, 5.41) is 3.39. The number of rotatable bonds is 4. The average Bonchev–Trinajstić information content (AvgIpc) is 2.96. The van der Waals surface area contributed by atoms with Gasteiger partial charge in [0.2, 0.25) is 0 Å². The van der Waals surface area contributed by atoms with Crippen molar-refractivity contribution in [3.05, 3.63) is 65.0 Å². The molecule has 3 aromatic rings. The second-order valence-corrected chi connectivity index (χ2v) is 5.76. The maximum Gasteiger partial charge on any atom is 0.118 e. The van der Waals surface area contributed by atoms with Crippen LogP contribution >= 0.6 is 11.3 Å². The first-order valence-electron chi connectivity index (χ1n) is 6.62. The molecular weight excluding hydrogens is 266 g/mol. The minimum Gasteiger partial charge on any atom is -0.497 e. The molecule has 3 heteroatoms. The topological polar surface area (TPSA) is 35.2 Å². The Hall–Kier alpha value is -1.84. The van der Waals surface area contributed by atoms with Crippen molar-refractivity contribution >= 4 is 21.4 Å². The minimum atomic E-state index is 0.0192. The molecule has 2 N–H and O–H groups in total. The van der Waals surface area contributed by atoms with Crippen LogP contribution < -0.4 is 10.5 Å². The van der Waals surface area contributed by atoms with Crippen molar-refractivity contribution in [1.29, 1.82) is 0 Å². The third-order valence-corrected chi connectivity index (χ3v) is 4.50. The Morgan fingerprint density at radius 2 is 1.90 bits per heavy atom. The molecule has 102 valence electrons. The standard InChI is InChI=1S/C17H17NOS/c1-19-14-7-5-12(6-8-14)11-16(18)15-4-2-3-13-9-10-20-17(13)15/h2-10,16H,11,18H2,1H3. The van der Waals surface area contributed by atoms with Crippen molar-refractivity contribution in [1.82, 2.24) is 0 Å². The molecular formula is C17H17NOS. The number of fused-ring (bicyclic) bond motifs is 1. The van der Waals surface area contributed by atoms with Crippen LogP contribution in [0, 0.1) is 0 Å². The third-order valence-electron chi connectivity index (χ3n) is 3.52. The van der Waals surface area contributed by atoms with Crippen molar-refractivity contribution in [3.63, 3.8) is 0 Å². The fourth-order valence-corrected chi connectivity index (χ4v) is 3.41. The van der Waals surface area contributed by atoms with Crippen LogP contribution in [0.1, 0.15) is 17.2 Å². The number of hydrogen-bond acceptors (Lipinski definition) is 3. The smallest absolute Gasteiger partial charge is 0.118 e. The fourth-order valence-electron chi connectivity index (χ4n) is 2.43. The van der Waals surface area contributed by atoms with E-state index in [9.17, 15) is 0 Å². The molecule has 20 heavy (non-hydrogen) atoms. The Morgan fingerprint density at radius 1 is 1.10 bits per heavy atom. The molecule has 2 aromatic carbocycles. The lowest BCUT2D eigenvalue weighted by Crippen LogP contribution is -2.13. The molecule has 3 rings (SSSR count). The Bertz CT molecular complexity index is 702. The van der Waals surface area contributed by atoms with Gasteiger partial charge in [-0.2, -0.15) is 0 Å². The molecule has 1 aromatic heterocycles. The van der Waals surface area contributed by atoms with Gasteiger partial charge in [0.15, 0.2) is 0 Å². The first kappa shape index (κ1) is 13.2. The van der Waals surface area contributed by atoms with Crippen LogP contribution in [0.15, 0.2) is 53.9 Å². The summed E-state index contributed by atoms with van der Waals surface area (Å²) in [6.45, 7) is 0.